The van der Waals surface area contributed by atoms with E-state index in [-0.39, 0.29) is 11.9 Å². The molecule has 1 aromatic heterocycles. The van der Waals surface area contributed by atoms with E-state index < -0.39 is 0 Å². The van der Waals surface area contributed by atoms with Crippen LogP contribution >= 0.6 is 0 Å². The quantitative estimate of drug-likeness (QED) is 0.483. The number of nitriles is 1. The fourth-order valence-corrected chi connectivity index (χ4v) is 4.35. The first-order chi connectivity index (χ1) is 15.2. The summed E-state index contributed by atoms with van der Waals surface area (Å²) in [6, 6.07) is 30.0. The second kappa shape index (κ2) is 8.04. The van der Waals surface area contributed by atoms with E-state index in [0.717, 1.165) is 27.7 Å². The SMILES string of the molecule is N#Cc1ccc(CN2C(=O)Cc3ccccc3C2Cc2ccc3ccccc3n2)cc1. The maximum atomic E-state index is 13.2. The van der Waals surface area contributed by atoms with Crippen molar-refractivity contribution in [1.29, 1.82) is 5.26 Å². The lowest BCUT2D eigenvalue weighted by atomic mass is 9.89. The van der Waals surface area contributed by atoms with Crippen molar-refractivity contribution in [2.24, 2.45) is 0 Å². The molecule has 1 aliphatic heterocycles. The number of carbonyl (C=O) groups excluding carboxylic acids is 1. The van der Waals surface area contributed by atoms with Crippen LogP contribution in [-0.4, -0.2) is 15.8 Å². The van der Waals surface area contributed by atoms with Crippen LogP contribution in [0.4, 0.5) is 0 Å². The molecule has 0 bridgehead atoms. The molecule has 1 amide bonds. The van der Waals surface area contributed by atoms with Gasteiger partial charge in [-0.15, -0.1) is 0 Å². The number of rotatable bonds is 4. The zero-order valence-electron chi connectivity index (χ0n) is 17.0. The lowest BCUT2D eigenvalue weighted by molar-refractivity contribution is -0.134. The largest absolute Gasteiger partial charge is 0.331 e. The van der Waals surface area contributed by atoms with Gasteiger partial charge in [0.15, 0.2) is 0 Å². The van der Waals surface area contributed by atoms with Crippen molar-refractivity contribution in [3.8, 4) is 6.07 Å². The summed E-state index contributed by atoms with van der Waals surface area (Å²) in [6.45, 7) is 0.511. The highest BCUT2D eigenvalue weighted by atomic mass is 16.2. The lowest BCUT2D eigenvalue weighted by Gasteiger charge is -2.37. The number of hydrogen-bond acceptors (Lipinski definition) is 3. The molecule has 1 unspecified atom stereocenters. The second-order valence-corrected chi connectivity index (χ2v) is 7.92. The molecule has 0 radical (unpaired) electrons. The standard InChI is InChI=1S/C27H21N3O/c28-17-19-9-11-20(12-10-19)18-30-26(24-7-3-1-6-22(24)15-27(30)31)16-23-14-13-21-5-2-4-8-25(21)29-23/h1-14,26H,15-16,18H2. The Bertz CT molecular complexity index is 1300. The Morgan fingerprint density at radius 1 is 0.935 bits per heavy atom. The van der Waals surface area contributed by atoms with Gasteiger partial charge in [0, 0.05) is 24.0 Å². The average Bonchev–Trinajstić information content (AvgIpc) is 2.81. The fraction of sp³-hybridized carbons (Fsp3) is 0.148. The lowest BCUT2D eigenvalue weighted by Crippen LogP contribution is -2.40. The predicted molar refractivity (Wildman–Crippen MR) is 120 cm³/mol. The number of fused-ring (bicyclic) bond motifs is 2. The van der Waals surface area contributed by atoms with E-state index in [1.54, 1.807) is 12.1 Å². The van der Waals surface area contributed by atoms with E-state index in [9.17, 15) is 4.79 Å². The van der Waals surface area contributed by atoms with Crippen molar-refractivity contribution in [2.45, 2.75) is 25.4 Å². The Morgan fingerprint density at radius 2 is 1.71 bits per heavy atom. The number of hydrogen-bond donors (Lipinski definition) is 0. The van der Waals surface area contributed by atoms with E-state index in [2.05, 4.69) is 30.3 Å². The van der Waals surface area contributed by atoms with Crippen LogP contribution in [0.3, 0.4) is 0 Å². The molecule has 2 heterocycles. The Kier molecular flexibility index (Phi) is 4.93. The molecule has 0 aliphatic carbocycles. The van der Waals surface area contributed by atoms with Gasteiger partial charge in [-0.3, -0.25) is 9.78 Å². The molecule has 4 aromatic rings. The number of pyridine rings is 1. The average molecular weight is 403 g/mol. The number of nitrogens with zero attached hydrogens (tertiary/aromatic N) is 3. The van der Waals surface area contributed by atoms with Crippen LogP contribution in [0.25, 0.3) is 10.9 Å². The van der Waals surface area contributed by atoms with E-state index in [0.29, 0.717) is 24.9 Å². The third kappa shape index (κ3) is 3.78. The highest BCUT2D eigenvalue weighted by molar-refractivity contribution is 5.82. The van der Waals surface area contributed by atoms with Crippen LogP contribution in [0.5, 0.6) is 0 Å². The van der Waals surface area contributed by atoms with E-state index in [1.807, 2.05) is 53.4 Å². The molecular weight excluding hydrogens is 382 g/mol. The van der Waals surface area contributed by atoms with Gasteiger partial charge in [0.1, 0.15) is 0 Å². The molecule has 0 N–H and O–H groups in total. The first-order valence-electron chi connectivity index (χ1n) is 10.4. The highest BCUT2D eigenvalue weighted by Gasteiger charge is 2.32. The topological polar surface area (TPSA) is 57.0 Å². The van der Waals surface area contributed by atoms with E-state index in [1.165, 1.54) is 5.56 Å². The fourth-order valence-electron chi connectivity index (χ4n) is 4.35. The molecular formula is C27H21N3O. The van der Waals surface area contributed by atoms with E-state index >= 15 is 0 Å². The van der Waals surface area contributed by atoms with E-state index in [4.69, 9.17) is 10.2 Å². The minimum absolute atomic E-state index is 0.0817. The Balaban J connectivity index is 1.51. The number of benzene rings is 3. The molecule has 150 valence electrons. The molecule has 1 aliphatic rings. The first kappa shape index (κ1) is 19.0. The molecule has 5 rings (SSSR count). The van der Waals surface area contributed by atoms with Crippen LogP contribution < -0.4 is 0 Å². The minimum Gasteiger partial charge on any atom is -0.331 e. The van der Waals surface area contributed by atoms with Crippen LogP contribution in [0.1, 0.15) is 34.0 Å². The third-order valence-corrected chi connectivity index (χ3v) is 5.95. The monoisotopic (exact) mass is 403 g/mol. The summed E-state index contributed by atoms with van der Waals surface area (Å²) < 4.78 is 0. The van der Waals surface area contributed by atoms with Gasteiger partial charge in [-0.1, -0.05) is 60.7 Å². The smallest absolute Gasteiger partial charge is 0.227 e. The van der Waals surface area contributed by atoms with Crippen molar-refractivity contribution < 1.29 is 4.79 Å². The normalized spacial score (nSPS) is 15.5. The zero-order chi connectivity index (χ0) is 21.2. The summed E-state index contributed by atoms with van der Waals surface area (Å²) >= 11 is 0. The summed E-state index contributed by atoms with van der Waals surface area (Å²) in [5, 5.41) is 10.2. The number of amides is 1. The van der Waals surface area contributed by atoms with Crippen molar-refractivity contribution in [1.82, 2.24) is 9.88 Å². The summed E-state index contributed by atoms with van der Waals surface area (Å²) in [7, 11) is 0. The molecule has 0 saturated heterocycles. The first-order valence-corrected chi connectivity index (χ1v) is 10.4. The molecule has 0 fully saturated rings. The van der Waals surface area contributed by atoms with Gasteiger partial charge in [0.2, 0.25) is 5.91 Å². The number of para-hydroxylation sites is 1. The maximum absolute atomic E-state index is 13.2. The molecule has 4 heteroatoms. The van der Waals surface area contributed by atoms with Crippen molar-refractivity contribution in [3.63, 3.8) is 0 Å². The predicted octanol–water partition coefficient (Wildman–Crippen LogP) is 4.98. The van der Waals surface area contributed by atoms with Crippen LogP contribution in [0.15, 0.2) is 84.9 Å². The van der Waals surface area contributed by atoms with Crippen LogP contribution in [-0.2, 0) is 24.2 Å². The van der Waals surface area contributed by atoms with Gasteiger partial charge < -0.3 is 4.90 Å². The summed E-state index contributed by atoms with van der Waals surface area (Å²) in [5.74, 6) is 0.119. The molecule has 3 aromatic carbocycles. The van der Waals surface area contributed by atoms with Crippen molar-refractivity contribution >= 4 is 16.8 Å². The van der Waals surface area contributed by atoms with Gasteiger partial charge in [-0.2, -0.15) is 5.26 Å². The van der Waals surface area contributed by atoms with Crippen LogP contribution in [0, 0.1) is 11.3 Å². The zero-order valence-corrected chi connectivity index (χ0v) is 17.0. The summed E-state index contributed by atoms with van der Waals surface area (Å²) in [4.78, 5) is 20.0. The van der Waals surface area contributed by atoms with Gasteiger partial charge in [0.25, 0.3) is 0 Å². The maximum Gasteiger partial charge on any atom is 0.227 e. The van der Waals surface area contributed by atoms with Gasteiger partial charge in [-0.25, -0.2) is 0 Å². The second-order valence-electron chi connectivity index (χ2n) is 7.92. The minimum atomic E-state index is -0.0817. The van der Waals surface area contributed by atoms with Gasteiger partial charge >= 0.3 is 0 Å². The van der Waals surface area contributed by atoms with Gasteiger partial charge in [-0.05, 0) is 41.0 Å². The highest BCUT2D eigenvalue weighted by Crippen LogP contribution is 2.34. The summed E-state index contributed by atoms with van der Waals surface area (Å²) in [5.41, 5.74) is 5.85. The molecule has 31 heavy (non-hydrogen) atoms. The van der Waals surface area contributed by atoms with Crippen molar-refractivity contribution in [2.75, 3.05) is 0 Å². The third-order valence-electron chi connectivity index (χ3n) is 5.95. The molecule has 0 spiro atoms. The number of aromatic nitrogens is 1. The molecule has 1 atom stereocenters. The summed E-state index contributed by atoms with van der Waals surface area (Å²) in [6.07, 6.45) is 1.07. The molecule has 4 nitrogen and oxygen atoms in total. The number of carbonyl (C=O) groups is 1. The van der Waals surface area contributed by atoms with Crippen molar-refractivity contribution in [3.05, 3.63) is 113 Å². The molecule has 0 saturated carbocycles. The Hall–Kier alpha value is -3.97. The van der Waals surface area contributed by atoms with Gasteiger partial charge in [0.05, 0.1) is 29.6 Å². The Labute approximate surface area is 181 Å². The van der Waals surface area contributed by atoms with Crippen LogP contribution in [0.2, 0.25) is 0 Å². The Morgan fingerprint density at radius 3 is 2.55 bits per heavy atom.